The first kappa shape index (κ1) is 15.1. The topological polar surface area (TPSA) is 20.3 Å². The molecule has 0 N–H and O–H groups in total. The number of hydrogen-bond acceptors (Lipinski definition) is 2. The number of rotatable bonds is 4. The summed E-state index contributed by atoms with van der Waals surface area (Å²) < 4.78 is 0.120. The number of benzene rings is 1. The van der Waals surface area contributed by atoms with Crippen LogP contribution in [0.25, 0.3) is 0 Å². The Morgan fingerprint density at radius 2 is 1.78 bits per heavy atom. The molecule has 0 aliphatic heterocycles. The van der Waals surface area contributed by atoms with E-state index in [9.17, 15) is 4.79 Å². The average molecular weight is 265 g/mol. The molecule has 100 valence electrons. The van der Waals surface area contributed by atoms with Gasteiger partial charge in [-0.1, -0.05) is 39.0 Å². The summed E-state index contributed by atoms with van der Waals surface area (Å²) in [7, 11) is 0. The van der Waals surface area contributed by atoms with E-state index < -0.39 is 0 Å². The first-order valence-electron chi connectivity index (χ1n) is 6.32. The number of amides is 1. The molecule has 1 aromatic rings. The van der Waals surface area contributed by atoms with E-state index in [2.05, 4.69) is 20.8 Å². The summed E-state index contributed by atoms with van der Waals surface area (Å²) in [5.41, 5.74) is 0.979. The van der Waals surface area contributed by atoms with Gasteiger partial charge in [-0.2, -0.15) is 0 Å². The van der Waals surface area contributed by atoms with Crippen LogP contribution in [-0.2, 0) is 4.79 Å². The zero-order valence-electron chi connectivity index (χ0n) is 11.9. The second-order valence-electron chi connectivity index (χ2n) is 5.59. The summed E-state index contributed by atoms with van der Waals surface area (Å²) >= 11 is 1.69. The minimum Gasteiger partial charge on any atom is -0.309 e. The number of thioether (sulfide) groups is 1. The average Bonchev–Trinajstić information content (AvgIpc) is 2.26. The van der Waals surface area contributed by atoms with Gasteiger partial charge in [-0.15, -0.1) is 11.8 Å². The third-order valence-corrected chi connectivity index (χ3v) is 3.71. The van der Waals surface area contributed by atoms with Crippen molar-refractivity contribution >= 4 is 23.4 Å². The highest BCUT2D eigenvalue weighted by molar-refractivity contribution is 8.01. The molecule has 1 aromatic carbocycles. The molecule has 0 heterocycles. The Hall–Kier alpha value is -0.960. The molecule has 0 aromatic heterocycles. The molecule has 0 aliphatic carbocycles. The van der Waals surface area contributed by atoms with Crippen molar-refractivity contribution in [1.29, 1.82) is 0 Å². The maximum Gasteiger partial charge on any atom is 0.237 e. The third-order valence-electron chi connectivity index (χ3n) is 2.45. The van der Waals surface area contributed by atoms with Crippen molar-refractivity contribution in [1.82, 2.24) is 0 Å². The van der Waals surface area contributed by atoms with Gasteiger partial charge >= 0.3 is 0 Å². The number of hydrogen-bond donors (Lipinski definition) is 0. The van der Waals surface area contributed by atoms with Gasteiger partial charge in [-0.3, -0.25) is 4.79 Å². The van der Waals surface area contributed by atoms with Crippen LogP contribution in [0.4, 0.5) is 5.69 Å². The largest absolute Gasteiger partial charge is 0.309 e. The van der Waals surface area contributed by atoms with Gasteiger partial charge in [0.15, 0.2) is 0 Å². The lowest BCUT2D eigenvalue weighted by Crippen LogP contribution is -2.38. The quantitative estimate of drug-likeness (QED) is 0.821. The van der Waals surface area contributed by atoms with Crippen molar-refractivity contribution in [2.24, 2.45) is 0 Å². The van der Waals surface area contributed by atoms with Crippen LogP contribution in [0.3, 0.4) is 0 Å². The van der Waals surface area contributed by atoms with Gasteiger partial charge in [0.05, 0.1) is 5.75 Å². The van der Waals surface area contributed by atoms with Crippen LogP contribution in [0.1, 0.15) is 34.6 Å². The highest BCUT2D eigenvalue weighted by Crippen LogP contribution is 2.25. The van der Waals surface area contributed by atoms with E-state index in [1.807, 2.05) is 49.1 Å². The summed E-state index contributed by atoms with van der Waals surface area (Å²) in [4.78, 5) is 14.2. The van der Waals surface area contributed by atoms with Gasteiger partial charge < -0.3 is 4.90 Å². The Labute approximate surface area is 115 Å². The van der Waals surface area contributed by atoms with Crippen LogP contribution in [0.15, 0.2) is 30.3 Å². The van der Waals surface area contributed by atoms with Crippen LogP contribution < -0.4 is 4.90 Å². The standard InChI is InChI=1S/C15H23NOS/c1-12(2)16(13-9-7-6-8-10-13)14(17)11-18-15(3,4)5/h6-10,12H,11H2,1-5H3. The molecule has 18 heavy (non-hydrogen) atoms. The minimum absolute atomic E-state index is 0.120. The van der Waals surface area contributed by atoms with Crippen LogP contribution in [0.2, 0.25) is 0 Å². The molecule has 3 heteroatoms. The molecule has 0 atom stereocenters. The van der Waals surface area contributed by atoms with Crippen LogP contribution in [-0.4, -0.2) is 22.4 Å². The number of carbonyl (C=O) groups excluding carboxylic acids is 1. The van der Waals surface area contributed by atoms with Gasteiger partial charge in [0.25, 0.3) is 0 Å². The van der Waals surface area contributed by atoms with Crippen LogP contribution >= 0.6 is 11.8 Å². The zero-order valence-corrected chi connectivity index (χ0v) is 12.8. The van der Waals surface area contributed by atoms with Gasteiger partial charge in [0.2, 0.25) is 5.91 Å². The second kappa shape index (κ2) is 6.28. The minimum atomic E-state index is 0.120. The summed E-state index contributed by atoms with van der Waals surface area (Å²) in [6.07, 6.45) is 0. The highest BCUT2D eigenvalue weighted by atomic mass is 32.2. The Morgan fingerprint density at radius 3 is 2.22 bits per heavy atom. The molecule has 1 amide bonds. The summed E-state index contributed by atoms with van der Waals surface area (Å²) in [6, 6.07) is 10.1. The van der Waals surface area contributed by atoms with Gasteiger partial charge in [0.1, 0.15) is 0 Å². The molecule has 0 bridgehead atoms. The Balaban J connectivity index is 2.78. The molecule has 0 spiro atoms. The van der Waals surface area contributed by atoms with Crippen molar-refractivity contribution in [3.05, 3.63) is 30.3 Å². The number of carbonyl (C=O) groups is 1. The fourth-order valence-electron chi connectivity index (χ4n) is 1.67. The van der Waals surface area contributed by atoms with E-state index in [0.29, 0.717) is 5.75 Å². The van der Waals surface area contributed by atoms with E-state index in [0.717, 1.165) is 5.69 Å². The molecule has 0 aliphatic rings. The fourth-order valence-corrected chi connectivity index (χ4v) is 2.36. The molecule has 0 saturated heterocycles. The normalized spacial score (nSPS) is 11.7. The molecule has 0 unspecified atom stereocenters. The Morgan fingerprint density at radius 1 is 1.22 bits per heavy atom. The van der Waals surface area contributed by atoms with Crippen molar-refractivity contribution < 1.29 is 4.79 Å². The smallest absolute Gasteiger partial charge is 0.237 e. The van der Waals surface area contributed by atoms with Gasteiger partial charge in [0, 0.05) is 16.5 Å². The predicted molar refractivity (Wildman–Crippen MR) is 81.3 cm³/mol. The lowest BCUT2D eigenvalue weighted by atomic mass is 10.2. The maximum absolute atomic E-state index is 12.3. The fraction of sp³-hybridized carbons (Fsp3) is 0.533. The molecular weight excluding hydrogens is 242 g/mol. The molecule has 2 nitrogen and oxygen atoms in total. The summed E-state index contributed by atoms with van der Waals surface area (Å²) in [5.74, 6) is 0.701. The molecule has 0 saturated carbocycles. The van der Waals surface area contributed by atoms with Gasteiger partial charge in [-0.05, 0) is 26.0 Å². The Bertz CT molecular complexity index is 381. The van der Waals surface area contributed by atoms with Crippen LogP contribution in [0, 0.1) is 0 Å². The van der Waals surface area contributed by atoms with Crippen molar-refractivity contribution in [3.63, 3.8) is 0 Å². The SMILES string of the molecule is CC(C)N(C(=O)CSC(C)(C)C)c1ccccc1. The second-order valence-corrected chi connectivity index (χ2v) is 7.40. The first-order chi connectivity index (χ1) is 8.31. The predicted octanol–water partition coefficient (Wildman–Crippen LogP) is 3.96. The van der Waals surface area contributed by atoms with Crippen LogP contribution in [0.5, 0.6) is 0 Å². The lowest BCUT2D eigenvalue weighted by Gasteiger charge is -2.28. The number of nitrogens with zero attached hydrogens (tertiary/aromatic N) is 1. The van der Waals surface area contributed by atoms with E-state index in [1.165, 1.54) is 0 Å². The first-order valence-corrected chi connectivity index (χ1v) is 7.31. The van der Waals surface area contributed by atoms with Crippen molar-refractivity contribution in [2.45, 2.75) is 45.4 Å². The molecule has 0 radical (unpaired) electrons. The Kier molecular flexibility index (Phi) is 5.27. The zero-order chi connectivity index (χ0) is 13.8. The molecular formula is C15H23NOS. The maximum atomic E-state index is 12.3. The molecule has 0 fully saturated rings. The van der Waals surface area contributed by atoms with Gasteiger partial charge in [-0.25, -0.2) is 0 Å². The third kappa shape index (κ3) is 4.73. The van der Waals surface area contributed by atoms with E-state index in [4.69, 9.17) is 0 Å². The number of anilines is 1. The monoisotopic (exact) mass is 265 g/mol. The van der Waals surface area contributed by atoms with E-state index in [-0.39, 0.29) is 16.7 Å². The van der Waals surface area contributed by atoms with Crippen molar-refractivity contribution in [2.75, 3.05) is 10.7 Å². The number of para-hydroxylation sites is 1. The highest BCUT2D eigenvalue weighted by Gasteiger charge is 2.21. The van der Waals surface area contributed by atoms with Crippen molar-refractivity contribution in [3.8, 4) is 0 Å². The van der Waals surface area contributed by atoms with E-state index >= 15 is 0 Å². The summed E-state index contributed by atoms with van der Waals surface area (Å²) in [5, 5.41) is 0. The van der Waals surface area contributed by atoms with E-state index in [1.54, 1.807) is 11.8 Å². The lowest BCUT2D eigenvalue weighted by molar-refractivity contribution is -0.116. The molecule has 1 rings (SSSR count). The summed E-state index contributed by atoms with van der Waals surface area (Å²) in [6.45, 7) is 10.5.